The number of carbonyl (C=O) groups excluding carboxylic acids is 1. The zero-order chi connectivity index (χ0) is 18.1. The third kappa shape index (κ3) is 3.01. The molecule has 0 bridgehead atoms. The first-order chi connectivity index (χ1) is 12.6. The molecule has 2 heteroatoms. The lowest BCUT2D eigenvalue weighted by molar-refractivity contribution is 0.0439. The van der Waals surface area contributed by atoms with E-state index in [0.29, 0.717) is 11.7 Å². The van der Waals surface area contributed by atoms with Gasteiger partial charge in [0.2, 0.25) is 0 Å². The Balaban J connectivity index is 1.50. The zero-order valence-corrected chi connectivity index (χ0v) is 16.0. The smallest absolute Gasteiger partial charge is 0.183 e. The number of hydrogen-bond acceptors (Lipinski definition) is 2. The molecule has 0 radical (unpaired) electrons. The highest BCUT2D eigenvalue weighted by molar-refractivity contribution is 6.05. The van der Waals surface area contributed by atoms with Crippen LogP contribution in [0.25, 0.3) is 0 Å². The van der Waals surface area contributed by atoms with E-state index in [1.807, 2.05) is 0 Å². The number of carbonyl (C=O) groups is 1. The van der Waals surface area contributed by atoms with Crippen molar-refractivity contribution >= 4 is 5.78 Å². The maximum absolute atomic E-state index is 13.3. The van der Waals surface area contributed by atoms with Crippen molar-refractivity contribution in [2.75, 3.05) is 13.1 Å². The number of nitrogens with zero attached hydrogens (tertiary/aromatic N) is 1. The number of hydrogen-bond donors (Lipinski definition) is 0. The molecule has 0 saturated carbocycles. The summed E-state index contributed by atoms with van der Waals surface area (Å²) >= 11 is 0. The van der Waals surface area contributed by atoms with Gasteiger partial charge in [-0.3, -0.25) is 9.69 Å². The van der Waals surface area contributed by atoms with E-state index in [1.165, 1.54) is 16.7 Å². The molecule has 1 aliphatic carbocycles. The van der Waals surface area contributed by atoms with Crippen molar-refractivity contribution in [3.05, 3.63) is 70.8 Å². The number of aryl methyl sites for hydroxylation is 2. The molecule has 0 spiro atoms. The Morgan fingerprint density at radius 3 is 2.50 bits per heavy atom. The molecule has 136 valence electrons. The van der Waals surface area contributed by atoms with Gasteiger partial charge in [0.05, 0.1) is 5.54 Å². The zero-order valence-electron chi connectivity index (χ0n) is 16.0. The van der Waals surface area contributed by atoms with Gasteiger partial charge in [0.15, 0.2) is 5.78 Å². The molecule has 2 nitrogen and oxygen atoms in total. The molecule has 1 saturated heterocycles. The largest absolute Gasteiger partial charge is 0.292 e. The fraction of sp³-hybridized carbons (Fsp3) is 0.458. The number of piperidine rings is 1. The summed E-state index contributed by atoms with van der Waals surface area (Å²) in [6, 6.07) is 17.3. The van der Waals surface area contributed by atoms with Crippen LogP contribution in [0.4, 0.5) is 0 Å². The van der Waals surface area contributed by atoms with Gasteiger partial charge in [0.25, 0.3) is 0 Å². The highest BCUT2D eigenvalue weighted by Gasteiger charge is 2.44. The topological polar surface area (TPSA) is 20.3 Å². The first-order valence-corrected chi connectivity index (χ1v) is 10.1. The molecule has 26 heavy (non-hydrogen) atoms. The first kappa shape index (κ1) is 17.5. The summed E-state index contributed by atoms with van der Waals surface area (Å²) in [5.74, 6) is 0.966. The third-order valence-corrected chi connectivity index (χ3v) is 6.66. The van der Waals surface area contributed by atoms with Crippen LogP contribution in [0, 0.1) is 0 Å². The molecular weight excluding hydrogens is 318 g/mol. The van der Waals surface area contributed by atoms with Gasteiger partial charge in [-0.1, -0.05) is 55.5 Å². The maximum Gasteiger partial charge on any atom is 0.183 e. The minimum Gasteiger partial charge on any atom is -0.292 e. The molecule has 1 unspecified atom stereocenters. The second kappa shape index (κ2) is 7.00. The van der Waals surface area contributed by atoms with Gasteiger partial charge >= 0.3 is 0 Å². The van der Waals surface area contributed by atoms with Crippen molar-refractivity contribution in [1.82, 2.24) is 4.90 Å². The summed E-state index contributed by atoms with van der Waals surface area (Å²) < 4.78 is 0. The SMILES string of the molecule is CCc1ccc2c(c1)CCC(C)(N1CCC(c3ccccc3)CC1)C2=O. The van der Waals surface area contributed by atoms with Crippen LogP contribution in [0.15, 0.2) is 48.5 Å². The highest BCUT2D eigenvalue weighted by Crippen LogP contribution is 2.38. The summed E-state index contributed by atoms with van der Waals surface area (Å²) in [4.78, 5) is 15.8. The van der Waals surface area contributed by atoms with Gasteiger partial charge in [-0.25, -0.2) is 0 Å². The Morgan fingerprint density at radius 2 is 1.81 bits per heavy atom. The Bertz CT molecular complexity index is 789. The van der Waals surface area contributed by atoms with E-state index in [0.717, 1.165) is 50.8 Å². The molecular formula is C24H29NO. The molecule has 1 atom stereocenters. The van der Waals surface area contributed by atoms with Crippen molar-refractivity contribution < 1.29 is 4.79 Å². The predicted molar refractivity (Wildman–Crippen MR) is 107 cm³/mol. The Morgan fingerprint density at radius 1 is 1.08 bits per heavy atom. The Hall–Kier alpha value is -1.93. The molecule has 1 aliphatic heterocycles. The Labute approximate surface area is 157 Å². The average molecular weight is 348 g/mol. The summed E-state index contributed by atoms with van der Waals surface area (Å²) in [5.41, 5.74) is 4.67. The van der Waals surface area contributed by atoms with Crippen LogP contribution in [0.5, 0.6) is 0 Å². The molecule has 0 aromatic heterocycles. The first-order valence-electron chi connectivity index (χ1n) is 10.1. The second-order valence-electron chi connectivity index (χ2n) is 8.12. The molecule has 1 heterocycles. The fourth-order valence-corrected chi connectivity index (χ4v) is 4.81. The van der Waals surface area contributed by atoms with E-state index < -0.39 is 0 Å². The lowest BCUT2D eigenvalue weighted by atomic mass is 9.75. The minimum absolute atomic E-state index is 0.331. The quantitative estimate of drug-likeness (QED) is 0.777. The minimum atomic E-state index is -0.331. The van der Waals surface area contributed by atoms with Gasteiger partial charge in [0, 0.05) is 5.56 Å². The van der Waals surface area contributed by atoms with Crippen LogP contribution in [-0.2, 0) is 12.8 Å². The number of ketones is 1. The van der Waals surface area contributed by atoms with E-state index in [1.54, 1.807) is 0 Å². The van der Waals surface area contributed by atoms with Crippen molar-refractivity contribution in [3.8, 4) is 0 Å². The summed E-state index contributed by atoms with van der Waals surface area (Å²) in [6.07, 6.45) is 5.29. The summed E-state index contributed by atoms with van der Waals surface area (Å²) in [6.45, 7) is 6.39. The van der Waals surface area contributed by atoms with Crippen LogP contribution in [0.1, 0.15) is 66.1 Å². The van der Waals surface area contributed by atoms with Crippen molar-refractivity contribution in [2.45, 2.75) is 57.4 Å². The van der Waals surface area contributed by atoms with Crippen LogP contribution in [0.2, 0.25) is 0 Å². The molecule has 2 aromatic rings. The number of fused-ring (bicyclic) bond motifs is 1. The second-order valence-corrected chi connectivity index (χ2v) is 8.12. The fourth-order valence-electron chi connectivity index (χ4n) is 4.81. The number of Topliss-reactive ketones (excluding diaryl/α,β-unsaturated/α-hetero) is 1. The van der Waals surface area contributed by atoms with Gasteiger partial charge in [0.1, 0.15) is 0 Å². The molecule has 1 fully saturated rings. The standard InChI is InChI=1S/C24H29NO/c1-3-18-9-10-22-21(17-18)11-14-24(2,23(22)26)25-15-12-20(13-16-25)19-7-5-4-6-8-19/h4-10,17,20H,3,11-16H2,1-2H3. The lowest BCUT2D eigenvalue weighted by Gasteiger charge is -2.46. The molecule has 0 amide bonds. The Kier molecular flexibility index (Phi) is 4.71. The molecule has 4 rings (SSSR count). The van der Waals surface area contributed by atoms with Gasteiger partial charge in [-0.05, 0) is 74.7 Å². The van der Waals surface area contributed by atoms with Crippen LogP contribution in [-0.4, -0.2) is 29.3 Å². The molecule has 2 aromatic carbocycles. The normalized spacial score (nSPS) is 24.5. The van der Waals surface area contributed by atoms with E-state index in [-0.39, 0.29) is 5.54 Å². The van der Waals surface area contributed by atoms with Gasteiger partial charge < -0.3 is 0 Å². The monoisotopic (exact) mass is 347 g/mol. The van der Waals surface area contributed by atoms with E-state index >= 15 is 0 Å². The summed E-state index contributed by atoms with van der Waals surface area (Å²) in [5, 5.41) is 0. The summed E-state index contributed by atoms with van der Waals surface area (Å²) in [7, 11) is 0. The number of rotatable bonds is 3. The van der Waals surface area contributed by atoms with Gasteiger partial charge in [-0.2, -0.15) is 0 Å². The van der Waals surface area contributed by atoms with Crippen LogP contribution < -0.4 is 0 Å². The molecule has 0 N–H and O–H groups in total. The van der Waals surface area contributed by atoms with E-state index in [9.17, 15) is 4.79 Å². The van der Waals surface area contributed by atoms with E-state index in [4.69, 9.17) is 0 Å². The average Bonchev–Trinajstić information content (AvgIpc) is 2.71. The predicted octanol–water partition coefficient (Wildman–Crippen LogP) is 5.02. The highest BCUT2D eigenvalue weighted by atomic mass is 16.1. The van der Waals surface area contributed by atoms with Crippen LogP contribution >= 0.6 is 0 Å². The maximum atomic E-state index is 13.3. The van der Waals surface area contributed by atoms with Crippen molar-refractivity contribution in [1.29, 1.82) is 0 Å². The number of likely N-dealkylation sites (tertiary alicyclic amines) is 1. The van der Waals surface area contributed by atoms with E-state index in [2.05, 4.69) is 67.3 Å². The van der Waals surface area contributed by atoms with Crippen LogP contribution in [0.3, 0.4) is 0 Å². The third-order valence-electron chi connectivity index (χ3n) is 6.66. The number of benzene rings is 2. The van der Waals surface area contributed by atoms with Crippen molar-refractivity contribution in [3.63, 3.8) is 0 Å². The van der Waals surface area contributed by atoms with Gasteiger partial charge in [-0.15, -0.1) is 0 Å². The lowest BCUT2D eigenvalue weighted by Crippen LogP contribution is -2.56. The molecule has 2 aliphatic rings. The van der Waals surface area contributed by atoms with Crippen molar-refractivity contribution in [2.24, 2.45) is 0 Å².